The largest absolute Gasteiger partial charge is 0.310 e. The first-order valence-electron chi connectivity index (χ1n) is 4.70. The summed E-state index contributed by atoms with van der Waals surface area (Å²) in [7, 11) is 0. The molecule has 0 bridgehead atoms. The van der Waals surface area contributed by atoms with Crippen molar-refractivity contribution in [2.45, 2.75) is 19.9 Å². The molecule has 15 heavy (non-hydrogen) atoms. The summed E-state index contributed by atoms with van der Waals surface area (Å²) in [4.78, 5) is 3.97. The van der Waals surface area contributed by atoms with Gasteiger partial charge in [-0.2, -0.15) is 0 Å². The molecule has 2 rings (SSSR count). The zero-order valence-corrected chi connectivity index (χ0v) is 8.55. The molecule has 0 fully saturated rings. The SMILES string of the molecule is CC(C)n1cnnc1-c1ccc(F)cn1. The quantitative estimate of drug-likeness (QED) is 0.755. The second-order valence-electron chi connectivity index (χ2n) is 3.52. The van der Waals surface area contributed by atoms with Crippen molar-refractivity contribution in [2.24, 2.45) is 0 Å². The second kappa shape index (κ2) is 3.76. The summed E-state index contributed by atoms with van der Waals surface area (Å²) >= 11 is 0. The van der Waals surface area contributed by atoms with Gasteiger partial charge in [0, 0.05) is 6.04 Å². The van der Waals surface area contributed by atoms with E-state index >= 15 is 0 Å². The fourth-order valence-electron chi connectivity index (χ4n) is 1.31. The standard InChI is InChI=1S/C10H11FN4/c1-7(2)15-6-13-14-10(15)9-4-3-8(11)5-12-9/h3-7H,1-2H3. The van der Waals surface area contributed by atoms with E-state index in [1.165, 1.54) is 12.3 Å². The number of hydrogen-bond donors (Lipinski definition) is 0. The van der Waals surface area contributed by atoms with Crippen LogP contribution < -0.4 is 0 Å². The lowest BCUT2D eigenvalue weighted by Gasteiger charge is -2.08. The van der Waals surface area contributed by atoms with Gasteiger partial charge in [-0.05, 0) is 26.0 Å². The van der Waals surface area contributed by atoms with E-state index in [1.807, 2.05) is 18.4 Å². The van der Waals surface area contributed by atoms with Gasteiger partial charge < -0.3 is 4.57 Å². The summed E-state index contributed by atoms with van der Waals surface area (Å²) in [5.74, 6) is 0.305. The van der Waals surface area contributed by atoms with Gasteiger partial charge in [-0.3, -0.25) is 0 Å². The van der Waals surface area contributed by atoms with E-state index in [0.29, 0.717) is 11.5 Å². The number of nitrogens with zero attached hydrogens (tertiary/aromatic N) is 4. The minimum absolute atomic E-state index is 0.252. The smallest absolute Gasteiger partial charge is 0.182 e. The van der Waals surface area contributed by atoms with Crippen LogP contribution in [0, 0.1) is 5.82 Å². The summed E-state index contributed by atoms with van der Waals surface area (Å²) in [6.07, 6.45) is 2.82. The molecule has 0 radical (unpaired) electrons. The Bertz CT molecular complexity index is 447. The minimum atomic E-state index is -0.352. The average Bonchev–Trinajstić information content (AvgIpc) is 2.67. The van der Waals surface area contributed by atoms with E-state index in [0.717, 1.165) is 0 Å². The molecule has 0 aliphatic heterocycles. The molecule has 5 heteroatoms. The zero-order chi connectivity index (χ0) is 10.8. The zero-order valence-electron chi connectivity index (χ0n) is 8.55. The maximum Gasteiger partial charge on any atom is 0.182 e. The maximum absolute atomic E-state index is 12.7. The van der Waals surface area contributed by atoms with E-state index in [9.17, 15) is 4.39 Å². The second-order valence-corrected chi connectivity index (χ2v) is 3.52. The van der Waals surface area contributed by atoms with E-state index in [2.05, 4.69) is 15.2 Å². The van der Waals surface area contributed by atoms with E-state index in [1.54, 1.807) is 12.4 Å². The highest BCUT2D eigenvalue weighted by molar-refractivity contribution is 5.48. The Morgan fingerprint density at radius 2 is 2.13 bits per heavy atom. The molecule has 2 heterocycles. The van der Waals surface area contributed by atoms with Gasteiger partial charge in [-0.1, -0.05) is 0 Å². The Hall–Kier alpha value is -1.78. The molecular weight excluding hydrogens is 195 g/mol. The highest BCUT2D eigenvalue weighted by atomic mass is 19.1. The van der Waals surface area contributed by atoms with Crippen molar-refractivity contribution in [2.75, 3.05) is 0 Å². The monoisotopic (exact) mass is 206 g/mol. The van der Waals surface area contributed by atoms with Crippen LogP contribution in [-0.4, -0.2) is 19.7 Å². The third kappa shape index (κ3) is 1.86. The Morgan fingerprint density at radius 3 is 2.73 bits per heavy atom. The number of halogens is 1. The van der Waals surface area contributed by atoms with Gasteiger partial charge in [-0.25, -0.2) is 9.37 Å². The molecule has 0 N–H and O–H groups in total. The number of rotatable bonds is 2. The van der Waals surface area contributed by atoms with Crippen molar-refractivity contribution in [1.82, 2.24) is 19.7 Å². The first-order valence-corrected chi connectivity index (χ1v) is 4.70. The Kier molecular flexibility index (Phi) is 2.45. The van der Waals surface area contributed by atoms with Crippen LogP contribution >= 0.6 is 0 Å². The molecular formula is C10H11FN4. The van der Waals surface area contributed by atoms with Crippen LogP contribution in [-0.2, 0) is 0 Å². The maximum atomic E-state index is 12.7. The number of pyridine rings is 1. The van der Waals surface area contributed by atoms with Crippen LogP contribution in [0.25, 0.3) is 11.5 Å². The first-order chi connectivity index (χ1) is 7.18. The molecule has 0 spiro atoms. The third-order valence-electron chi connectivity index (χ3n) is 2.09. The van der Waals surface area contributed by atoms with Crippen molar-refractivity contribution in [3.05, 3.63) is 30.5 Å². The molecule has 0 amide bonds. The van der Waals surface area contributed by atoms with E-state index in [4.69, 9.17) is 0 Å². The highest BCUT2D eigenvalue weighted by Crippen LogP contribution is 2.17. The average molecular weight is 206 g/mol. The Morgan fingerprint density at radius 1 is 1.33 bits per heavy atom. The van der Waals surface area contributed by atoms with Gasteiger partial charge in [0.15, 0.2) is 5.82 Å². The summed E-state index contributed by atoms with van der Waals surface area (Å²) in [5.41, 5.74) is 0.627. The normalized spacial score (nSPS) is 10.9. The lowest BCUT2D eigenvalue weighted by molar-refractivity contribution is 0.601. The highest BCUT2D eigenvalue weighted by Gasteiger charge is 2.10. The molecule has 0 aliphatic carbocycles. The van der Waals surface area contributed by atoms with Crippen molar-refractivity contribution in [3.63, 3.8) is 0 Å². The third-order valence-corrected chi connectivity index (χ3v) is 2.09. The minimum Gasteiger partial charge on any atom is -0.310 e. The fourth-order valence-corrected chi connectivity index (χ4v) is 1.31. The van der Waals surface area contributed by atoms with Gasteiger partial charge in [0.1, 0.15) is 17.8 Å². The molecule has 0 aliphatic rings. The molecule has 2 aromatic heterocycles. The first kappa shape index (κ1) is 9.76. The summed E-state index contributed by atoms with van der Waals surface area (Å²) < 4.78 is 14.6. The number of hydrogen-bond acceptors (Lipinski definition) is 3. The lowest BCUT2D eigenvalue weighted by atomic mass is 10.3. The van der Waals surface area contributed by atoms with Crippen molar-refractivity contribution in [3.8, 4) is 11.5 Å². The fraction of sp³-hybridized carbons (Fsp3) is 0.300. The lowest BCUT2D eigenvalue weighted by Crippen LogP contribution is -2.02. The topological polar surface area (TPSA) is 43.6 Å². The van der Waals surface area contributed by atoms with Crippen molar-refractivity contribution >= 4 is 0 Å². The Labute approximate surface area is 86.8 Å². The van der Waals surface area contributed by atoms with Gasteiger partial charge >= 0.3 is 0 Å². The van der Waals surface area contributed by atoms with Gasteiger partial charge in [0.2, 0.25) is 0 Å². The summed E-state index contributed by atoms with van der Waals surface area (Å²) in [5, 5.41) is 7.79. The molecule has 0 unspecified atom stereocenters. The molecule has 0 aromatic carbocycles. The molecule has 0 saturated carbocycles. The van der Waals surface area contributed by atoms with E-state index < -0.39 is 0 Å². The van der Waals surface area contributed by atoms with Crippen molar-refractivity contribution < 1.29 is 4.39 Å². The predicted molar refractivity (Wildman–Crippen MR) is 53.6 cm³/mol. The molecule has 0 saturated heterocycles. The van der Waals surface area contributed by atoms with Crippen LogP contribution in [0.1, 0.15) is 19.9 Å². The molecule has 0 atom stereocenters. The van der Waals surface area contributed by atoms with Crippen LogP contribution in [0.4, 0.5) is 4.39 Å². The Balaban J connectivity index is 2.45. The van der Waals surface area contributed by atoms with Crippen LogP contribution in [0.2, 0.25) is 0 Å². The van der Waals surface area contributed by atoms with Crippen molar-refractivity contribution in [1.29, 1.82) is 0 Å². The van der Waals surface area contributed by atoms with Gasteiger partial charge in [-0.15, -0.1) is 10.2 Å². The van der Waals surface area contributed by atoms with Crippen LogP contribution in [0.5, 0.6) is 0 Å². The predicted octanol–water partition coefficient (Wildman–Crippen LogP) is 2.06. The van der Waals surface area contributed by atoms with Gasteiger partial charge in [0.05, 0.1) is 6.20 Å². The summed E-state index contributed by atoms with van der Waals surface area (Å²) in [6.45, 7) is 4.05. The van der Waals surface area contributed by atoms with Gasteiger partial charge in [0.25, 0.3) is 0 Å². The number of aromatic nitrogens is 4. The van der Waals surface area contributed by atoms with E-state index in [-0.39, 0.29) is 11.9 Å². The van der Waals surface area contributed by atoms with Crippen LogP contribution in [0.15, 0.2) is 24.7 Å². The van der Waals surface area contributed by atoms with Crippen LogP contribution in [0.3, 0.4) is 0 Å². The molecule has 2 aromatic rings. The molecule has 4 nitrogen and oxygen atoms in total. The summed E-state index contributed by atoms with van der Waals surface area (Å²) in [6, 6.07) is 3.21. The molecule has 78 valence electrons.